The molecule has 3 N–H and O–H groups in total. The Hall–Kier alpha value is -3.10. The van der Waals surface area contributed by atoms with Crippen molar-refractivity contribution in [2.75, 3.05) is 18.4 Å². The molecule has 2 atom stereocenters. The molecule has 28 heavy (non-hydrogen) atoms. The number of hydrazone groups is 1. The first-order valence-corrected chi connectivity index (χ1v) is 9.21. The first-order valence-electron chi connectivity index (χ1n) is 9.21. The van der Waals surface area contributed by atoms with Crippen LogP contribution in [0.3, 0.4) is 0 Å². The highest BCUT2D eigenvalue weighted by Gasteiger charge is 2.19. The zero-order valence-electron chi connectivity index (χ0n) is 16.2. The molecule has 2 unspecified atom stereocenters. The molecule has 0 fully saturated rings. The molecule has 0 spiro atoms. The van der Waals surface area contributed by atoms with Crippen LogP contribution in [0.1, 0.15) is 46.8 Å². The van der Waals surface area contributed by atoms with E-state index in [1.165, 1.54) is 12.3 Å². The summed E-state index contributed by atoms with van der Waals surface area (Å²) in [6.07, 6.45) is 5.41. The third kappa shape index (κ3) is 4.59. The molecule has 3 heterocycles. The molecular weight excluding hydrogens is 361 g/mol. The Morgan fingerprint density at radius 1 is 1.39 bits per heavy atom. The topological polar surface area (TPSA) is 104 Å². The number of pyridine rings is 1. The van der Waals surface area contributed by atoms with E-state index in [1.807, 2.05) is 20.1 Å². The lowest BCUT2D eigenvalue weighted by Crippen LogP contribution is -2.29. The van der Waals surface area contributed by atoms with Gasteiger partial charge in [-0.15, -0.1) is 0 Å². The van der Waals surface area contributed by atoms with E-state index in [2.05, 4.69) is 36.1 Å². The average molecular weight is 385 g/mol. The summed E-state index contributed by atoms with van der Waals surface area (Å²) < 4.78 is 13.9. The minimum absolute atomic E-state index is 0.0519. The van der Waals surface area contributed by atoms with Crippen molar-refractivity contribution in [2.45, 2.75) is 33.2 Å². The Kier molecular flexibility index (Phi) is 6.13. The van der Waals surface area contributed by atoms with Crippen molar-refractivity contribution in [3.05, 3.63) is 46.9 Å². The number of rotatable bonds is 7. The molecule has 9 heteroatoms. The molecule has 0 bridgehead atoms. The Bertz CT molecular complexity index is 887. The van der Waals surface area contributed by atoms with E-state index in [0.29, 0.717) is 23.8 Å². The summed E-state index contributed by atoms with van der Waals surface area (Å²) >= 11 is 0. The third-order valence-electron chi connectivity index (χ3n) is 4.75. The number of aryl methyl sites for hydroxylation is 1. The van der Waals surface area contributed by atoms with Crippen LogP contribution in [-0.2, 0) is 0 Å². The summed E-state index contributed by atoms with van der Waals surface area (Å²) in [6, 6.07) is 1.00. The third-order valence-corrected chi connectivity index (χ3v) is 4.75. The predicted molar refractivity (Wildman–Crippen MR) is 105 cm³/mol. The first-order chi connectivity index (χ1) is 13.5. The van der Waals surface area contributed by atoms with Gasteiger partial charge in [-0.2, -0.15) is 5.10 Å². The van der Waals surface area contributed by atoms with Gasteiger partial charge in [-0.3, -0.25) is 9.78 Å². The van der Waals surface area contributed by atoms with Gasteiger partial charge in [0.2, 0.25) is 5.82 Å². The molecule has 0 aromatic carbocycles. The maximum atomic E-state index is 13.9. The number of hydrogen-bond donors (Lipinski definition) is 3. The molecule has 8 nitrogen and oxygen atoms in total. The minimum Gasteiger partial charge on any atom is -0.370 e. The number of carbonyl (C=O) groups is 1. The summed E-state index contributed by atoms with van der Waals surface area (Å²) in [5.74, 6) is 0.138. The van der Waals surface area contributed by atoms with Crippen LogP contribution in [0.2, 0.25) is 0 Å². The van der Waals surface area contributed by atoms with Crippen LogP contribution in [0.5, 0.6) is 0 Å². The maximum absolute atomic E-state index is 13.9. The maximum Gasteiger partial charge on any atom is 0.289 e. The molecular formula is C19H24FN7O. The van der Waals surface area contributed by atoms with E-state index in [9.17, 15) is 9.18 Å². The second kappa shape index (κ2) is 8.73. The number of nitrogens with zero attached hydrogens (tertiary/aromatic N) is 4. The molecule has 2 aromatic heterocycles. The van der Waals surface area contributed by atoms with Gasteiger partial charge in [0.05, 0.1) is 12.2 Å². The van der Waals surface area contributed by atoms with E-state index in [-0.39, 0.29) is 5.82 Å². The molecule has 0 aliphatic carbocycles. The average Bonchev–Trinajstić information content (AvgIpc) is 3.18. The van der Waals surface area contributed by atoms with Gasteiger partial charge in [0.25, 0.3) is 5.91 Å². The lowest BCUT2D eigenvalue weighted by molar-refractivity contribution is 0.0928. The van der Waals surface area contributed by atoms with Gasteiger partial charge < -0.3 is 16.1 Å². The zero-order chi connectivity index (χ0) is 20.1. The molecule has 1 aliphatic rings. The van der Waals surface area contributed by atoms with E-state index < -0.39 is 17.8 Å². The summed E-state index contributed by atoms with van der Waals surface area (Å²) in [7, 11) is 0. The molecule has 1 amide bonds. The van der Waals surface area contributed by atoms with Crippen LogP contribution in [0, 0.1) is 25.6 Å². The van der Waals surface area contributed by atoms with Gasteiger partial charge in [-0.1, -0.05) is 0 Å². The Morgan fingerprint density at radius 2 is 2.21 bits per heavy atom. The highest BCUT2D eigenvalue weighted by Crippen LogP contribution is 2.18. The first kappa shape index (κ1) is 19.7. The number of nitrogens with one attached hydrogen (secondary N) is 3. The molecule has 3 rings (SSSR count). The molecule has 0 radical (unpaired) electrons. The second-order valence-corrected chi connectivity index (χ2v) is 6.81. The highest BCUT2D eigenvalue weighted by atomic mass is 19.1. The van der Waals surface area contributed by atoms with Gasteiger partial charge >= 0.3 is 0 Å². The van der Waals surface area contributed by atoms with Gasteiger partial charge in [0, 0.05) is 48.2 Å². The van der Waals surface area contributed by atoms with Crippen molar-refractivity contribution in [1.82, 2.24) is 25.7 Å². The van der Waals surface area contributed by atoms with Crippen LogP contribution in [0.15, 0.2) is 23.6 Å². The van der Waals surface area contributed by atoms with Gasteiger partial charge in [0.1, 0.15) is 11.6 Å². The lowest BCUT2D eigenvalue weighted by Gasteiger charge is -2.16. The smallest absolute Gasteiger partial charge is 0.289 e. The van der Waals surface area contributed by atoms with Crippen molar-refractivity contribution in [1.29, 1.82) is 0 Å². The van der Waals surface area contributed by atoms with Gasteiger partial charge in [0.15, 0.2) is 0 Å². The van der Waals surface area contributed by atoms with Crippen LogP contribution < -0.4 is 16.1 Å². The minimum atomic E-state index is -0.536. The van der Waals surface area contributed by atoms with Gasteiger partial charge in [-0.05, 0) is 33.3 Å². The summed E-state index contributed by atoms with van der Waals surface area (Å²) in [5.41, 5.74) is 4.90. The largest absolute Gasteiger partial charge is 0.370 e. The van der Waals surface area contributed by atoms with Crippen molar-refractivity contribution in [3.8, 4) is 0 Å². The Labute approximate surface area is 163 Å². The molecule has 0 saturated carbocycles. The van der Waals surface area contributed by atoms with Crippen molar-refractivity contribution >= 4 is 17.9 Å². The number of halogens is 1. The fourth-order valence-electron chi connectivity index (χ4n) is 2.91. The standard InChI is InChI=1S/C19H24FN7O/c1-11-12(2)25-18(27-17(11)22-7-4-14-8-23-24-9-14)19(28)26-13(3)15-5-6-21-10-16(15)20/h5-6,8,10,13-14,24H,4,7,9H2,1-3H3,(H,26,28)(H,22,25,27). The number of aromatic nitrogens is 3. The second-order valence-electron chi connectivity index (χ2n) is 6.81. The normalized spacial score (nSPS) is 16.5. The predicted octanol–water partition coefficient (Wildman–Crippen LogP) is 2.13. The van der Waals surface area contributed by atoms with E-state index in [1.54, 1.807) is 6.92 Å². The van der Waals surface area contributed by atoms with Crippen molar-refractivity contribution in [3.63, 3.8) is 0 Å². The van der Waals surface area contributed by atoms with E-state index >= 15 is 0 Å². The van der Waals surface area contributed by atoms with E-state index in [4.69, 9.17) is 0 Å². The fraction of sp³-hybridized carbons (Fsp3) is 0.421. The van der Waals surface area contributed by atoms with Crippen molar-refractivity contribution in [2.24, 2.45) is 11.0 Å². The highest BCUT2D eigenvalue weighted by molar-refractivity contribution is 5.91. The molecule has 148 valence electrons. The van der Waals surface area contributed by atoms with Crippen LogP contribution >= 0.6 is 0 Å². The van der Waals surface area contributed by atoms with Gasteiger partial charge in [-0.25, -0.2) is 14.4 Å². The summed E-state index contributed by atoms with van der Waals surface area (Å²) in [4.78, 5) is 25.0. The zero-order valence-corrected chi connectivity index (χ0v) is 16.2. The van der Waals surface area contributed by atoms with Crippen LogP contribution in [0.25, 0.3) is 0 Å². The Morgan fingerprint density at radius 3 is 2.93 bits per heavy atom. The van der Waals surface area contributed by atoms with Crippen molar-refractivity contribution < 1.29 is 9.18 Å². The van der Waals surface area contributed by atoms with E-state index in [0.717, 1.165) is 30.4 Å². The number of amides is 1. The number of hydrogen-bond acceptors (Lipinski definition) is 7. The van der Waals surface area contributed by atoms with Crippen LogP contribution in [0.4, 0.5) is 10.2 Å². The number of anilines is 1. The summed E-state index contributed by atoms with van der Waals surface area (Å²) in [6.45, 7) is 6.98. The monoisotopic (exact) mass is 385 g/mol. The lowest BCUT2D eigenvalue weighted by atomic mass is 10.1. The molecule has 2 aromatic rings. The Balaban J connectivity index is 1.68. The number of carbonyl (C=O) groups excluding carboxylic acids is 1. The SMILES string of the molecule is Cc1nc(C(=O)NC(C)c2ccncc2F)nc(NCCC2C=NNC2)c1C. The van der Waals surface area contributed by atoms with Crippen LogP contribution in [-0.4, -0.2) is 40.2 Å². The fourth-order valence-corrected chi connectivity index (χ4v) is 2.91. The molecule has 0 saturated heterocycles. The molecule has 1 aliphatic heterocycles. The quantitative estimate of drug-likeness (QED) is 0.674. The summed E-state index contributed by atoms with van der Waals surface area (Å²) in [5, 5.41) is 10.0.